The van der Waals surface area contributed by atoms with E-state index in [1.807, 2.05) is 6.92 Å². The average molecular weight is 565 g/mol. The molecule has 0 radical (unpaired) electrons. The zero-order valence-electron chi connectivity index (χ0n) is 23.6. The number of imidazole rings is 1. The van der Waals surface area contributed by atoms with Gasteiger partial charge in [-0.2, -0.15) is 13.2 Å². The second kappa shape index (κ2) is 11.4. The van der Waals surface area contributed by atoms with Gasteiger partial charge in [0.1, 0.15) is 0 Å². The number of hydrogen-bond donors (Lipinski definition) is 2. The van der Waals surface area contributed by atoms with E-state index in [9.17, 15) is 18.0 Å². The summed E-state index contributed by atoms with van der Waals surface area (Å²) in [7, 11) is 2.13. The maximum Gasteiger partial charge on any atom is 0.418 e. The first-order valence-corrected chi connectivity index (χ1v) is 15.0. The van der Waals surface area contributed by atoms with Crippen molar-refractivity contribution in [2.45, 2.75) is 89.3 Å². The molecule has 8 nitrogen and oxygen atoms in total. The van der Waals surface area contributed by atoms with E-state index >= 15 is 0 Å². The van der Waals surface area contributed by atoms with Crippen LogP contribution in [0.1, 0.15) is 75.5 Å². The lowest BCUT2D eigenvalue weighted by molar-refractivity contribution is -0.136. The number of nitrogens with one attached hydrogen (secondary N) is 2. The minimum atomic E-state index is -4.55. The molecule has 4 heterocycles. The molecule has 3 unspecified atom stereocenters. The van der Waals surface area contributed by atoms with Crippen molar-refractivity contribution in [3.05, 3.63) is 40.1 Å². The quantitative estimate of drug-likeness (QED) is 0.526. The molecule has 0 bridgehead atoms. The first kappa shape index (κ1) is 28.2. The van der Waals surface area contributed by atoms with Crippen LogP contribution >= 0.6 is 0 Å². The van der Waals surface area contributed by atoms with Crippen molar-refractivity contribution in [1.29, 1.82) is 0 Å². The maximum atomic E-state index is 14.3. The second-order valence-electron chi connectivity index (χ2n) is 12.7. The van der Waals surface area contributed by atoms with Crippen LogP contribution in [0.25, 0.3) is 5.52 Å². The third kappa shape index (κ3) is 5.72. The number of aromatic nitrogens is 2. The summed E-state index contributed by atoms with van der Waals surface area (Å²) in [5, 5.41) is 0. The summed E-state index contributed by atoms with van der Waals surface area (Å²) in [6.45, 7) is 4.98. The number of morpholine rings is 1. The molecule has 2 aromatic rings. The highest BCUT2D eigenvalue weighted by atomic mass is 19.4. The molecule has 4 fully saturated rings. The molecule has 6 rings (SSSR count). The summed E-state index contributed by atoms with van der Waals surface area (Å²) < 4.78 is 51.3. The summed E-state index contributed by atoms with van der Waals surface area (Å²) in [4.78, 5) is 18.1. The monoisotopic (exact) mass is 564 g/mol. The first-order valence-electron chi connectivity index (χ1n) is 15.0. The van der Waals surface area contributed by atoms with Crippen molar-refractivity contribution in [2.24, 2.45) is 17.8 Å². The zero-order chi connectivity index (χ0) is 28.0. The van der Waals surface area contributed by atoms with Gasteiger partial charge in [0.05, 0.1) is 36.6 Å². The molecule has 222 valence electrons. The number of nitrogens with zero attached hydrogens (tertiary/aromatic N) is 4. The molecule has 2 aromatic heterocycles. The molecule has 2 aliphatic carbocycles. The van der Waals surface area contributed by atoms with E-state index in [1.165, 1.54) is 35.9 Å². The zero-order valence-corrected chi connectivity index (χ0v) is 23.6. The van der Waals surface area contributed by atoms with Gasteiger partial charge in [-0.3, -0.25) is 18.8 Å². The number of alkyl halides is 3. The average Bonchev–Trinajstić information content (AvgIpc) is 3.45. The number of halogens is 3. The fourth-order valence-electron chi connectivity index (χ4n) is 7.58. The summed E-state index contributed by atoms with van der Waals surface area (Å²) in [5.41, 5.74) is 6.10. The Labute approximate surface area is 233 Å². The Bertz CT molecular complexity index is 1240. The van der Waals surface area contributed by atoms with Crippen molar-refractivity contribution in [2.75, 3.05) is 33.4 Å². The van der Waals surface area contributed by atoms with Gasteiger partial charge in [0.25, 0.3) is 0 Å². The van der Waals surface area contributed by atoms with Crippen LogP contribution in [-0.4, -0.2) is 64.5 Å². The predicted octanol–water partition coefficient (Wildman–Crippen LogP) is 4.20. The van der Waals surface area contributed by atoms with E-state index in [0.29, 0.717) is 43.6 Å². The van der Waals surface area contributed by atoms with Crippen molar-refractivity contribution >= 4 is 5.52 Å². The van der Waals surface area contributed by atoms with Gasteiger partial charge in [0.15, 0.2) is 0 Å². The van der Waals surface area contributed by atoms with Gasteiger partial charge in [0.2, 0.25) is 0 Å². The van der Waals surface area contributed by atoms with Gasteiger partial charge >= 0.3 is 11.9 Å². The molecule has 2 aliphatic heterocycles. The fourth-order valence-corrected chi connectivity index (χ4v) is 7.58. The minimum absolute atomic E-state index is 0.0331. The molecule has 0 spiro atoms. The highest BCUT2D eigenvalue weighted by Gasteiger charge is 2.40. The summed E-state index contributed by atoms with van der Waals surface area (Å²) in [5.74, 6) is 1.60. The van der Waals surface area contributed by atoms with E-state index < -0.39 is 11.7 Å². The topological polar surface area (TPSA) is 66.2 Å². The smallest absolute Gasteiger partial charge is 0.376 e. The molecule has 11 heteroatoms. The van der Waals surface area contributed by atoms with Gasteiger partial charge in [0, 0.05) is 38.1 Å². The van der Waals surface area contributed by atoms with Gasteiger partial charge < -0.3 is 4.74 Å². The minimum Gasteiger partial charge on any atom is -0.376 e. The van der Waals surface area contributed by atoms with Gasteiger partial charge in [-0.15, -0.1) is 0 Å². The molecule has 4 aliphatic rings. The SMILES string of the molecule is C[C@@H]1CN(Cc2cc(C(F)(F)F)c3cn(C4CCCC([C@H](CC5CCC5)C5NNCN5C)C4)c(=O)n3c2)CCO1. The summed E-state index contributed by atoms with van der Waals surface area (Å²) >= 11 is 0. The maximum absolute atomic E-state index is 14.3. The molecular weight excluding hydrogens is 521 g/mol. The van der Waals surface area contributed by atoms with E-state index in [0.717, 1.165) is 44.7 Å². The van der Waals surface area contributed by atoms with Gasteiger partial charge in [-0.25, -0.2) is 15.6 Å². The van der Waals surface area contributed by atoms with E-state index in [-0.39, 0.29) is 29.5 Å². The largest absolute Gasteiger partial charge is 0.418 e. The predicted molar refractivity (Wildman–Crippen MR) is 146 cm³/mol. The van der Waals surface area contributed by atoms with Crippen LogP contribution in [-0.2, 0) is 17.5 Å². The normalized spacial score (nSPS) is 30.1. The molecule has 40 heavy (non-hydrogen) atoms. The third-order valence-corrected chi connectivity index (χ3v) is 9.86. The first-order chi connectivity index (χ1) is 19.2. The van der Waals surface area contributed by atoms with E-state index in [1.54, 1.807) is 10.8 Å². The Morgan fingerprint density at radius 1 is 1.15 bits per heavy atom. The molecule has 0 amide bonds. The number of fused-ring (bicyclic) bond motifs is 1. The van der Waals surface area contributed by atoms with Crippen molar-refractivity contribution in [3.8, 4) is 0 Å². The van der Waals surface area contributed by atoms with Crippen LogP contribution in [0.4, 0.5) is 13.2 Å². The highest BCUT2D eigenvalue weighted by molar-refractivity contribution is 5.56. The van der Waals surface area contributed by atoms with Gasteiger partial charge in [-0.05, 0) is 69.0 Å². The van der Waals surface area contributed by atoms with Crippen LogP contribution in [0.3, 0.4) is 0 Å². The number of ether oxygens (including phenoxy) is 1. The summed E-state index contributed by atoms with van der Waals surface area (Å²) in [6.07, 6.45) is 7.55. The lowest BCUT2D eigenvalue weighted by Crippen LogP contribution is -2.47. The Balaban J connectivity index is 1.29. The number of hydrazine groups is 1. The van der Waals surface area contributed by atoms with E-state index in [4.69, 9.17) is 4.74 Å². The Hall–Kier alpha value is -1.92. The molecule has 2 saturated carbocycles. The number of hydrogen-bond acceptors (Lipinski definition) is 6. The van der Waals surface area contributed by atoms with Crippen molar-refractivity contribution < 1.29 is 17.9 Å². The molecule has 2 N–H and O–H groups in total. The third-order valence-electron chi connectivity index (χ3n) is 9.86. The van der Waals surface area contributed by atoms with Crippen molar-refractivity contribution in [3.63, 3.8) is 0 Å². The van der Waals surface area contributed by atoms with Crippen LogP contribution in [0.2, 0.25) is 0 Å². The van der Waals surface area contributed by atoms with Crippen LogP contribution < -0.4 is 16.5 Å². The standard InChI is InChI=1S/C29H43F3N6O2/c1-19-14-36(9-10-40-19)15-21-12-25(29(30,31)32)26-17-37(28(39)38(26)16-21)23-8-4-7-22(13-23)24(11-20-5-3-6-20)27-34-33-18-35(27)2/h12,16-17,19-20,22-24,27,33-34H,3-11,13-15,18H2,1-2H3/t19-,22?,23?,24+,27?/m1/s1. The lowest BCUT2D eigenvalue weighted by atomic mass is 9.69. The summed E-state index contributed by atoms with van der Waals surface area (Å²) in [6, 6.07) is 1.13. The second-order valence-corrected chi connectivity index (χ2v) is 12.7. The lowest BCUT2D eigenvalue weighted by Gasteiger charge is -2.42. The Morgan fingerprint density at radius 2 is 1.95 bits per heavy atom. The number of pyridine rings is 1. The Morgan fingerprint density at radius 3 is 2.62 bits per heavy atom. The van der Waals surface area contributed by atoms with Crippen LogP contribution in [0.15, 0.2) is 23.3 Å². The molecule has 0 aromatic carbocycles. The number of rotatable bonds is 7. The van der Waals surface area contributed by atoms with Crippen molar-refractivity contribution in [1.82, 2.24) is 29.6 Å². The fraction of sp³-hybridized carbons (Fsp3) is 0.759. The highest BCUT2D eigenvalue weighted by Crippen LogP contribution is 2.44. The van der Waals surface area contributed by atoms with Gasteiger partial charge in [-0.1, -0.05) is 25.7 Å². The van der Waals surface area contributed by atoms with E-state index in [2.05, 4.69) is 27.7 Å². The molecule has 2 saturated heterocycles. The molecular formula is C29H43F3N6O2. The van der Waals surface area contributed by atoms with Crippen LogP contribution in [0, 0.1) is 17.8 Å². The Kier molecular flexibility index (Phi) is 8.04. The van der Waals surface area contributed by atoms with Crippen LogP contribution in [0.5, 0.6) is 0 Å². The molecule has 5 atom stereocenters.